The lowest BCUT2D eigenvalue weighted by molar-refractivity contribution is 0.0998. The van der Waals surface area contributed by atoms with E-state index in [0.717, 1.165) is 28.4 Å². The molecular formula is C20H22N2OS3. The smallest absolute Gasteiger partial charge is 0.279 e. The van der Waals surface area contributed by atoms with Crippen molar-refractivity contribution >= 4 is 51.0 Å². The highest BCUT2D eigenvalue weighted by Gasteiger charge is 2.09. The van der Waals surface area contributed by atoms with Crippen LogP contribution in [0.3, 0.4) is 0 Å². The molecule has 0 aliphatic carbocycles. The Labute approximate surface area is 166 Å². The van der Waals surface area contributed by atoms with Crippen LogP contribution in [0.1, 0.15) is 22.8 Å². The Balaban J connectivity index is 2.00. The average Bonchev–Trinajstić information content (AvgIpc) is 2.96. The van der Waals surface area contributed by atoms with Crippen molar-refractivity contribution in [3.63, 3.8) is 0 Å². The molecule has 0 bridgehead atoms. The minimum Gasteiger partial charge on any atom is -0.316 e. The molecule has 26 heavy (non-hydrogen) atoms. The molecule has 0 fully saturated rings. The Morgan fingerprint density at radius 3 is 2.65 bits per heavy atom. The molecule has 3 aromatic rings. The maximum Gasteiger partial charge on any atom is 0.279 e. The van der Waals surface area contributed by atoms with Crippen LogP contribution in [-0.4, -0.2) is 28.2 Å². The van der Waals surface area contributed by atoms with Gasteiger partial charge in [0.2, 0.25) is 0 Å². The summed E-state index contributed by atoms with van der Waals surface area (Å²) in [6.07, 6.45) is 2.09. The molecule has 0 saturated carbocycles. The van der Waals surface area contributed by atoms with Crippen LogP contribution in [0, 0.1) is 6.92 Å². The molecule has 136 valence electrons. The third kappa shape index (κ3) is 4.42. The quantitative estimate of drug-likeness (QED) is 0.530. The average molecular weight is 403 g/mol. The normalized spacial score (nSPS) is 12.0. The zero-order valence-corrected chi connectivity index (χ0v) is 17.6. The van der Waals surface area contributed by atoms with Gasteiger partial charge in [-0.25, -0.2) is 0 Å². The van der Waals surface area contributed by atoms with Gasteiger partial charge in [0.05, 0.1) is 10.2 Å². The van der Waals surface area contributed by atoms with E-state index in [1.54, 1.807) is 34.9 Å². The van der Waals surface area contributed by atoms with Crippen LogP contribution >= 0.6 is 34.9 Å². The Kier molecular flexibility index (Phi) is 6.62. The van der Waals surface area contributed by atoms with Crippen molar-refractivity contribution in [2.24, 2.45) is 4.99 Å². The summed E-state index contributed by atoms with van der Waals surface area (Å²) in [5, 5.41) is 0. The van der Waals surface area contributed by atoms with Crippen LogP contribution < -0.4 is 4.80 Å². The fourth-order valence-corrected chi connectivity index (χ4v) is 4.86. The molecule has 0 spiro atoms. The molecule has 0 atom stereocenters. The number of hydrogen-bond donors (Lipinski definition) is 0. The molecule has 3 nitrogen and oxygen atoms in total. The van der Waals surface area contributed by atoms with Gasteiger partial charge in [-0.1, -0.05) is 24.3 Å². The number of thiazole rings is 1. The first-order chi connectivity index (χ1) is 12.6. The number of hydrogen-bond acceptors (Lipinski definition) is 4. The van der Waals surface area contributed by atoms with Crippen LogP contribution in [0.25, 0.3) is 10.2 Å². The summed E-state index contributed by atoms with van der Waals surface area (Å²) in [6.45, 7) is 5.06. The van der Waals surface area contributed by atoms with E-state index < -0.39 is 0 Å². The molecule has 0 saturated heterocycles. The predicted octanol–water partition coefficient (Wildman–Crippen LogP) is 5.23. The largest absolute Gasteiger partial charge is 0.316 e. The lowest BCUT2D eigenvalue weighted by atomic mass is 10.2. The summed E-state index contributed by atoms with van der Waals surface area (Å²) in [5.41, 5.74) is 3.00. The number of aryl methyl sites for hydroxylation is 2. The van der Waals surface area contributed by atoms with Crippen molar-refractivity contribution in [3.05, 3.63) is 58.4 Å². The molecule has 1 amide bonds. The number of benzene rings is 2. The van der Waals surface area contributed by atoms with Crippen molar-refractivity contribution in [2.75, 3.05) is 17.8 Å². The maximum atomic E-state index is 12.7. The Morgan fingerprint density at radius 2 is 1.96 bits per heavy atom. The van der Waals surface area contributed by atoms with Gasteiger partial charge in [0.25, 0.3) is 5.91 Å². The number of amides is 1. The summed E-state index contributed by atoms with van der Waals surface area (Å²) >= 11 is 5.15. The number of rotatable bonds is 6. The van der Waals surface area contributed by atoms with Crippen molar-refractivity contribution < 1.29 is 4.79 Å². The van der Waals surface area contributed by atoms with Gasteiger partial charge >= 0.3 is 0 Å². The lowest BCUT2D eigenvalue weighted by Crippen LogP contribution is -2.18. The molecule has 6 heteroatoms. The van der Waals surface area contributed by atoms with E-state index in [0.29, 0.717) is 5.56 Å². The highest BCUT2D eigenvalue weighted by Crippen LogP contribution is 2.20. The van der Waals surface area contributed by atoms with Crippen molar-refractivity contribution in [1.29, 1.82) is 0 Å². The summed E-state index contributed by atoms with van der Waals surface area (Å²) in [6, 6.07) is 14.1. The Morgan fingerprint density at radius 1 is 1.19 bits per heavy atom. The second-order valence-electron chi connectivity index (χ2n) is 5.87. The van der Waals surface area contributed by atoms with E-state index in [4.69, 9.17) is 0 Å². The first kappa shape index (κ1) is 19.3. The highest BCUT2D eigenvalue weighted by atomic mass is 32.2. The fourth-order valence-electron chi connectivity index (χ4n) is 2.68. The van der Waals surface area contributed by atoms with Crippen LogP contribution in [0.15, 0.2) is 52.4 Å². The third-order valence-corrected chi connectivity index (χ3v) is 6.49. The number of carbonyl (C=O) groups excluding carboxylic acids is 1. The van der Waals surface area contributed by atoms with E-state index >= 15 is 0 Å². The summed E-state index contributed by atoms with van der Waals surface area (Å²) in [4.78, 5) is 19.1. The van der Waals surface area contributed by atoms with Crippen LogP contribution in [-0.2, 0) is 6.54 Å². The van der Waals surface area contributed by atoms with Gasteiger partial charge in [0.1, 0.15) is 0 Å². The van der Waals surface area contributed by atoms with E-state index in [-0.39, 0.29) is 5.91 Å². The van der Waals surface area contributed by atoms with E-state index in [2.05, 4.69) is 47.9 Å². The molecular weight excluding hydrogens is 380 g/mol. The van der Waals surface area contributed by atoms with E-state index in [1.165, 1.54) is 15.2 Å². The molecule has 0 N–H and O–H groups in total. The van der Waals surface area contributed by atoms with Crippen molar-refractivity contribution in [3.8, 4) is 0 Å². The molecule has 3 rings (SSSR count). The van der Waals surface area contributed by atoms with Gasteiger partial charge in [-0.3, -0.25) is 4.79 Å². The first-order valence-corrected chi connectivity index (χ1v) is 11.7. The molecule has 1 heterocycles. The molecule has 0 unspecified atom stereocenters. The molecule has 2 aromatic carbocycles. The number of carbonyl (C=O) groups is 1. The van der Waals surface area contributed by atoms with Crippen molar-refractivity contribution in [1.82, 2.24) is 4.57 Å². The summed E-state index contributed by atoms with van der Waals surface area (Å²) < 4.78 is 3.34. The topological polar surface area (TPSA) is 34.4 Å². The van der Waals surface area contributed by atoms with Crippen LogP contribution in [0.5, 0.6) is 0 Å². The lowest BCUT2D eigenvalue weighted by Gasteiger charge is -2.04. The maximum absolute atomic E-state index is 12.7. The predicted molar refractivity (Wildman–Crippen MR) is 116 cm³/mol. The second kappa shape index (κ2) is 8.93. The minimum absolute atomic E-state index is 0.181. The zero-order valence-electron chi connectivity index (χ0n) is 15.2. The van der Waals surface area contributed by atoms with Gasteiger partial charge < -0.3 is 4.57 Å². The minimum atomic E-state index is -0.181. The van der Waals surface area contributed by atoms with Crippen LogP contribution in [0.2, 0.25) is 0 Å². The molecule has 0 radical (unpaired) electrons. The Hall–Kier alpha value is -1.50. The molecule has 0 aliphatic heterocycles. The number of aromatic nitrogens is 1. The molecule has 1 aromatic heterocycles. The zero-order chi connectivity index (χ0) is 18.5. The van der Waals surface area contributed by atoms with Crippen molar-refractivity contribution in [2.45, 2.75) is 25.3 Å². The monoisotopic (exact) mass is 402 g/mol. The van der Waals surface area contributed by atoms with Gasteiger partial charge in [0, 0.05) is 22.8 Å². The van der Waals surface area contributed by atoms with E-state index in [9.17, 15) is 4.79 Å². The molecule has 0 aliphatic rings. The number of nitrogens with zero attached hydrogens (tertiary/aromatic N) is 2. The summed E-state index contributed by atoms with van der Waals surface area (Å²) in [7, 11) is 0. The second-order valence-corrected chi connectivity index (χ2v) is 9.21. The van der Waals surface area contributed by atoms with Gasteiger partial charge in [-0.05, 0) is 60.9 Å². The number of thioether (sulfide) groups is 2. The van der Waals surface area contributed by atoms with Gasteiger partial charge in [-0.15, -0.1) is 11.8 Å². The SMILES string of the molecule is CCSc1ccc(C(=O)N=c2sc3cc(C)ccc3n2CCSC)cc1. The van der Waals surface area contributed by atoms with Gasteiger partial charge in [0.15, 0.2) is 4.80 Å². The fraction of sp³-hybridized carbons (Fsp3) is 0.300. The van der Waals surface area contributed by atoms with Gasteiger partial charge in [-0.2, -0.15) is 16.8 Å². The third-order valence-electron chi connectivity index (χ3n) is 3.97. The number of fused-ring (bicyclic) bond motifs is 1. The Bertz CT molecular complexity index is 971. The summed E-state index contributed by atoms with van der Waals surface area (Å²) in [5.74, 6) is 1.83. The standard InChI is InChI=1S/C20H22N2OS3/c1-4-25-16-8-6-15(7-9-16)19(23)21-20-22(11-12-24-3)17-10-5-14(2)13-18(17)26-20/h5-10,13H,4,11-12H2,1-3H3. The first-order valence-electron chi connectivity index (χ1n) is 8.53. The highest BCUT2D eigenvalue weighted by molar-refractivity contribution is 7.99. The van der Waals surface area contributed by atoms with E-state index in [1.807, 2.05) is 24.3 Å². The van der Waals surface area contributed by atoms with Crippen LogP contribution in [0.4, 0.5) is 0 Å².